The van der Waals surface area contributed by atoms with E-state index in [9.17, 15) is 5.11 Å². The zero-order chi connectivity index (χ0) is 13.4. The van der Waals surface area contributed by atoms with Gasteiger partial charge in [-0.2, -0.15) is 0 Å². The first-order valence-corrected chi connectivity index (χ1v) is 6.65. The third-order valence-electron chi connectivity index (χ3n) is 3.44. The third-order valence-corrected chi connectivity index (χ3v) is 3.76. The molecule has 1 aliphatic heterocycles. The van der Waals surface area contributed by atoms with Gasteiger partial charge < -0.3 is 15.3 Å². The van der Waals surface area contributed by atoms with E-state index in [2.05, 4.69) is 24.1 Å². The maximum atomic E-state index is 10.4. The Bertz CT molecular complexity index is 432. The Morgan fingerprint density at radius 1 is 1.22 bits per heavy atom. The van der Waals surface area contributed by atoms with Crippen LogP contribution in [-0.2, 0) is 0 Å². The van der Waals surface area contributed by atoms with Crippen LogP contribution in [0.15, 0.2) is 24.3 Å². The van der Waals surface area contributed by atoms with Crippen molar-refractivity contribution in [1.29, 1.82) is 0 Å². The summed E-state index contributed by atoms with van der Waals surface area (Å²) >= 11 is 6.29. The van der Waals surface area contributed by atoms with Crippen molar-refractivity contribution < 1.29 is 5.11 Å². The zero-order valence-corrected chi connectivity index (χ0v) is 12.0. The predicted octanol–water partition coefficient (Wildman–Crippen LogP) is 2.28. The minimum Gasteiger partial charge on any atom is -0.387 e. The fourth-order valence-corrected chi connectivity index (χ4v) is 2.66. The average Bonchev–Trinajstić information content (AvgIpc) is 2.36. The molecule has 1 unspecified atom stereocenters. The van der Waals surface area contributed by atoms with Crippen LogP contribution in [0, 0.1) is 0 Å². The van der Waals surface area contributed by atoms with Crippen molar-refractivity contribution in [3.63, 3.8) is 0 Å². The number of para-hydroxylation sites is 1. The van der Waals surface area contributed by atoms with Crippen LogP contribution in [0.3, 0.4) is 0 Å². The van der Waals surface area contributed by atoms with Gasteiger partial charge in [0.1, 0.15) is 0 Å². The molecule has 2 N–H and O–H groups in total. The highest BCUT2D eigenvalue weighted by Gasteiger charge is 2.37. The Hall–Kier alpha value is -0.770. The maximum absolute atomic E-state index is 10.4. The van der Waals surface area contributed by atoms with Crippen molar-refractivity contribution in [1.82, 2.24) is 5.32 Å². The van der Waals surface area contributed by atoms with Crippen molar-refractivity contribution in [3.8, 4) is 0 Å². The highest BCUT2D eigenvalue weighted by atomic mass is 35.5. The van der Waals surface area contributed by atoms with E-state index in [0.29, 0.717) is 13.1 Å². The second kappa shape index (κ2) is 4.72. The molecule has 1 heterocycles. The molecule has 0 aromatic heterocycles. The summed E-state index contributed by atoms with van der Waals surface area (Å²) in [5.74, 6) is 0. The van der Waals surface area contributed by atoms with E-state index < -0.39 is 5.60 Å². The van der Waals surface area contributed by atoms with Gasteiger partial charge in [-0.1, -0.05) is 23.7 Å². The Kier molecular flexibility index (Phi) is 3.58. The molecule has 1 aromatic rings. The molecule has 1 fully saturated rings. The molecule has 1 saturated heterocycles. The van der Waals surface area contributed by atoms with E-state index >= 15 is 0 Å². The second-order valence-electron chi connectivity index (χ2n) is 5.95. The minimum absolute atomic E-state index is 0.0918. The van der Waals surface area contributed by atoms with E-state index in [-0.39, 0.29) is 5.54 Å². The van der Waals surface area contributed by atoms with Crippen LogP contribution in [0.5, 0.6) is 0 Å². The first-order chi connectivity index (χ1) is 8.32. The number of hydrogen-bond acceptors (Lipinski definition) is 3. The van der Waals surface area contributed by atoms with Crippen molar-refractivity contribution in [2.75, 3.05) is 24.5 Å². The summed E-state index contributed by atoms with van der Waals surface area (Å²) in [6.45, 7) is 8.14. The van der Waals surface area contributed by atoms with Crippen LogP contribution in [0.25, 0.3) is 0 Å². The fraction of sp³-hybridized carbons (Fsp3) is 0.571. The Labute approximate surface area is 114 Å². The van der Waals surface area contributed by atoms with Crippen LogP contribution in [0.2, 0.25) is 5.02 Å². The third kappa shape index (κ3) is 2.79. The van der Waals surface area contributed by atoms with Gasteiger partial charge in [-0.3, -0.25) is 0 Å². The molecule has 0 bridgehead atoms. The second-order valence-corrected chi connectivity index (χ2v) is 6.36. The molecule has 0 saturated carbocycles. The van der Waals surface area contributed by atoms with Crippen molar-refractivity contribution in [2.45, 2.75) is 31.9 Å². The molecule has 1 aliphatic rings. The first kappa shape index (κ1) is 13.7. The number of aliphatic hydroxyl groups is 1. The Morgan fingerprint density at radius 3 is 2.56 bits per heavy atom. The molecule has 18 heavy (non-hydrogen) atoms. The van der Waals surface area contributed by atoms with Gasteiger partial charge in [-0.15, -0.1) is 0 Å². The van der Waals surface area contributed by atoms with Gasteiger partial charge in [0.05, 0.1) is 16.3 Å². The topological polar surface area (TPSA) is 35.5 Å². The predicted molar refractivity (Wildman–Crippen MR) is 76.4 cm³/mol. The van der Waals surface area contributed by atoms with E-state index in [0.717, 1.165) is 17.3 Å². The summed E-state index contributed by atoms with van der Waals surface area (Å²) in [6.07, 6.45) is 0. The van der Waals surface area contributed by atoms with E-state index in [4.69, 9.17) is 11.6 Å². The molecule has 0 aliphatic carbocycles. The SMILES string of the molecule is CC1(O)CNCC(C)(C)N(c2ccccc2Cl)C1. The molecule has 0 spiro atoms. The summed E-state index contributed by atoms with van der Waals surface area (Å²) in [6, 6.07) is 7.79. The number of rotatable bonds is 1. The average molecular weight is 269 g/mol. The molecule has 1 atom stereocenters. The molecular weight excluding hydrogens is 248 g/mol. The zero-order valence-electron chi connectivity index (χ0n) is 11.2. The Morgan fingerprint density at radius 2 is 1.89 bits per heavy atom. The maximum Gasteiger partial charge on any atom is 0.0917 e. The van der Waals surface area contributed by atoms with Gasteiger partial charge >= 0.3 is 0 Å². The highest BCUT2D eigenvalue weighted by Crippen LogP contribution is 2.33. The smallest absolute Gasteiger partial charge is 0.0917 e. The molecule has 1 aromatic carbocycles. The monoisotopic (exact) mass is 268 g/mol. The normalized spacial score (nSPS) is 27.9. The van der Waals surface area contributed by atoms with Crippen LogP contribution in [0.1, 0.15) is 20.8 Å². The van der Waals surface area contributed by atoms with Crippen LogP contribution in [0.4, 0.5) is 5.69 Å². The van der Waals surface area contributed by atoms with Crippen LogP contribution < -0.4 is 10.2 Å². The summed E-state index contributed by atoms with van der Waals surface area (Å²) in [7, 11) is 0. The molecular formula is C14H21ClN2O. The molecule has 100 valence electrons. The van der Waals surface area contributed by atoms with E-state index in [1.54, 1.807) is 0 Å². The lowest BCUT2D eigenvalue weighted by atomic mass is 10.00. The van der Waals surface area contributed by atoms with Crippen molar-refractivity contribution in [2.24, 2.45) is 0 Å². The number of halogens is 1. The first-order valence-electron chi connectivity index (χ1n) is 6.27. The summed E-state index contributed by atoms with van der Waals surface area (Å²) < 4.78 is 0. The Balaban J connectivity index is 2.41. The van der Waals surface area contributed by atoms with E-state index in [1.807, 2.05) is 31.2 Å². The lowest BCUT2D eigenvalue weighted by Crippen LogP contribution is -2.51. The minimum atomic E-state index is -0.757. The van der Waals surface area contributed by atoms with Gasteiger partial charge in [0.2, 0.25) is 0 Å². The number of nitrogens with zero attached hydrogens (tertiary/aromatic N) is 1. The largest absolute Gasteiger partial charge is 0.387 e. The highest BCUT2D eigenvalue weighted by molar-refractivity contribution is 6.33. The van der Waals surface area contributed by atoms with Gasteiger partial charge in [-0.25, -0.2) is 0 Å². The standard InChI is InChI=1S/C14H21ClN2O/c1-13(2)8-16-9-14(3,18)10-17(13)12-7-5-4-6-11(12)15/h4-7,16,18H,8-10H2,1-3H3. The van der Waals surface area contributed by atoms with Gasteiger partial charge in [0, 0.05) is 25.2 Å². The molecule has 4 heteroatoms. The van der Waals surface area contributed by atoms with Crippen molar-refractivity contribution >= 4 is 17.3 Å². The van der Waals surface area contributed by atoms with Crippen molar-refractivity contribution in [3.05, 3.63) is 29.3 Å². The van der Waals surface area contributed by atoms with Gasteiger partial charge in [-0.05, 0) is 32.9 Å². The lowest BCUT2D eigenvalue weighted by Gasteiger charge is -2.41. The molecule has 0 amide bonds. The fourth-order valence-electron chi connectivity index (χ4n) is 2.43. The molecule has 2 rings (SSSR count). The summed E-state index contributed by atoms with van der Waals surface area (Å²) in [5, 5.41) is 14.4. The number of β-amino-alcohol motifs (C(OH)–C–C–N with tert-alkyl or cyclic N) is 1. The molecule has 3 nitrogen and oxygen atoms in total. The number of hydrogen-bond donors (Lipinski definition) is 2. The summed E-state index contributed by atoms with van der Waals surface area (Å²) in [4.78, 5) is 2.19. The van der Waals surface area contributed by atoms with E-state index in [1.165, 1.54) is 0 Å². The van der Waals surface area contributed by atoms with Gasteiger partial charge in [0.15, 0.2) is 0 Å². The number of nitrogens with one attached hydrogen (secondary N) is 1. The lowest BCUT2D eigenvalue weighted by molar-refractivity contribution is 0.0720. The van der Waals surface area contributed by atoms with Gasteiger partial charge in [0.25, 0.3) is 0 Å². The van der Waals surface area contributed by atoms with Crippen LogP contribution >= 0.6 is 11.6 Å². The number of benzene rings is 1. The molecule has 0 radical (unpaired) electrons. The summed E-state index contributed by atoms with van der Waals surface area (Å²) in [5.41, 5.74) is 0.131. The number of anilines is 1. The van der Waals surface area contributed by atoms with Crippen LogP contribution in [-0.4, -0.2) is 35.9 Å². The quantitative estimate of drug-likeness (QED) is 0.820.